The molecule has 0 aromatic carbocycles. The van der Waals surface area contributed by atoms with Gasteiger partial charge in [-0.05, 0) is 14.0 Å². The first-order valence-electron chi connectivity index (χ1n) is 5.31. The van der Waals surface area contributed by atoms with E-state index in [1.807, 2.05) is 11.8 Å². The number of hydrogen-bond donors (Lipinski definition) is 1. The van der Waals surface area contributed by atoms with Crippen molar-refractivity contribution in [2.45, 2.75) is 13.0 Å². The molecule has 84 valence electrons. The van der Waals surface area contributed by atoms with Crippen LogP contribution < -0.4 is 5.32 Å². The molecular formula is C11H19N3O. The van der Waals surface area contributed by atoms with Gasteiger partial charge in [0, 0.05) is 26.2 Å². The van der Waals surface area contributed by atoms with Gasteiger partial charge in [-0.2, -0.15) is 0 Å². The maximum absolute atomic E-state index is 11.8. The van der Waals surface area contributed by atoms with Gasteiger partial charge in [-0.25, -0.2) is 0 Å². The molecule has 0 radical (unpaired) electrons. The van der Waals surface area contributed by atoms with E-state index in [2.05, 4.69) is 16.1 Å². The first kappa shape index (κ1) is 12.0. The average molecular weight is 209 g/mol. The number of likely N-dealkylation sites (N-methyl/N-ethyl adjacent to an activating group) is 1. The molecule has 0 bridgehead atoms. The summed E-state index contributed by atoms with van der Waals surface area (Å²) in [7, 11) is 1.80. The van der Waals surface area contributed by atoms with Crippen LogP contribution in [-0.4, -0.2) is 61.5 Å². The van der Waals surface area contributed by atoms with E-state index in [-0.39, 0.29) is 11.9 Å². The zero-order chi connectivity index (χ0) is 11.3. The van der Waals surface area contributed by atoms with Crippen LogP contribution >= 0.6 is 0 Å². The minimum absolute atomic E-state index is 0.0933. The lowest BCUT2D eigenvalue weighted by molar-refractivity contribution is -0.134. The minimum Gasteiger partial charge on any atom is -0.339 e. The summed E-state index contributed by atoms with van der Waals surface area (Å²) in [4.78, 5) is 15.9. The molecule has 1 saturated heterocycles. The maximum atomic E-state index is 11.8. The molecule has 1 heterocycles. The summed E-state index contributed by atoms with van der Waals surface area (Å²) in [6.07, 6.45) is 5.24. The maximum Gasteiger partial charge on any atom is 0.239 e. The fourth-order valence-corrected chi connectivity index (χ4v) is 1.65. The van der Waals surface area contributed by atoms with E-state index in [1.54, 1.807) is 7.05 Å². The van der Waals surface area contributed by atoms with E-state index in [1.165, 1.54) is 0 Å². The monoisotopic (exact) mass is 209 g/mol. The summed E-state index contributed by atoms with van der Waals surface area (Å²) < 4.78 is 0. The summed E-state index contributed by atoms with van der Waals surface area (Å²) in [6, 6.07) is -0.0933. The Morgan fingerprint density at radius 3 is 2.53 bits per heavy atom. The molecule has 4 nitrogen and oxygen atoms in total. The lowest BCUT2D eigenvalue weighted by Crippen LogP contribution is -2.52. The second kappa shape index (κ2) is 5.74. The lowest BCUT2D eigenvalue weighted by atomic mass is 10.2. The van der Waals surface area contributed by atoms with Gasteiger partial charge in [-0.3, -0.25) is 9.69 Å². The highest BCUT2D eigenvalue weighted by Gasteiger charge is 2.23. The summed E-state index contributed by atoms with van der Waals surface area (Å²) in [6.45, 7) is 5.90. The Labute approximate surface area is 91.6 Å². The van der Waals surface area contributed by atoms with Crippen molar-refractivity contribution in [3.63, 3.8) is 0 Å². The third-order valence-corrected chi connectivity index (χ3v) is 2.80. The summed E-state index contributed by atoms with van der Waals surface area (Å²) in [5.41, 5.74) is 0. The topological polar surface area (TPSA) is 35.6 Å². The first-order valence-corrected chi connectivity index (χ1v) is 5.31. The van der Waals surface area contributed by atoms with Crippen LogP contribution in [0.2, 0.25) is 0 Å². The highest BCUT2D eigenvalue weighted by molar-refractivity contribution is 5.81. The molecule has 1 N–H and O–H groups in total. The van der Waals surface area contributed by atoms with Gasteiger partial charge in [0.25, 0.3) is 0 Å². The van der Waals surface area contributed by atoms with Crippen molar-refractivity contribution in [1.29, 1.82) is 0 Å². The van der Waals surface area contributed by atoms with Crippen molar-refractivity contribution in [1.82, 2.24) is 15.1 Å². The van der Waals surface area contributed by atoms with Crippen molar-refractivity contribution >= 4 is 5.91 Å². The molecule has 15 heavy (non-hydrogen) atoms. The van der Waals surface area contributed by atoms with Crippen LogP contribution in [0.1, 0.15) is 6.92 Å². The van der Waals surface area contributed by atoms with Gasteiger partial charge >= 0.3 is 0 Å². The third kappa shape index (κ3) is 3.22. The van der Waals surface area contributed by atoms with E-state index in [9.17, 15) is 4.79 Å². The first-order chi connectivity index (χ1) is 7.19. The molecule has 4 heteroatoms. The lowest BCUT2D eigenvalue weighted by Gasteiger charge is -2.35. The van der Waals surface area contributed by atoms with Crippen LogP contribution in [-0.2, 0) is 4.79 Å². The van der Waals surface area contributed by atoms with E-state index in [0.717, 1.165) is 26.2 Å². The predicted molar refractivity (Wildman–Crippen MR) is 60.4 cm³/mol. The molecule has 1 rings (SSSR count). The molecule has 1 aliphatic heterocycles. The Hall–Kier alpha value is -1.05. The van der Waals surface area contributed by atoms with Crippen LogP contribution in [0.5, 0.6) is 0 Å². The third-order valence-electron chi connectivity index (χ3n) is 2.80. The predicted octanol–water partition coefficient (Wildman–Crippen LogP) is -0.628. The minimum atomic E-state index is -0.0933. The molecule has 1 atom stereocenters. The van der Waals surface area contributed by atoms with E-state index in [0.29, 0.717) is 6.54 Å². The zero-order valence-corrected chi connectivity index (χ0v) is 9.49. The van der Waals surface area contributed by atoms with Crippen molar-refractivity contribution in [3.05, 3.63) is 0 Å². The Morgan fingerprint density at radius 1 is 1.47 bits per heavy atom. The number of piperazine rings is 1. The van der Waals surface area contributed by atoms with Gasteiger partial charge in [-0.15, -0.1) is 6.42 Å². The summed E-state index contributed by atoms with van der Waals surface area (Å²) >= 11 is 0. The van der Waals surface area contributed by atoms with E-state index < -0.39 is 0 Å². The molecule has 1 aliphatic rings. The van der Waals surface area contributed by atoms with Crippen LogP contribution in [0.25, 0.3) is 0 Å². The Balaban J connectivity index is 2.37. The van der Waals surface area contributed by atoms with Gasteiger partial charge in [0.1, 0.15) is 0 Å². The number of carbonyl (C=O) groups is 1. The zero-order valence-electron chi connectivity index (χ0n) is 9.49. The largest absolute Gasteiger partial charge is 0.339 e. The molecule has 0 spiro atoms. The Morgan fingerprint density at radius 2 is 2.07 bits per heavy atom. The number of nitrogens with zero attached hydrogens (tertiary/aromatic N) is 2. The standard InChI is InChI=1S/C11H19N3O/c1-4-5-13-6-8-14(9-7-13)11(15)10(2)12-3/h1,10,12H,5-9H2,2-3H3. The molecule has 0 aromatic heterocycles. The highest BCUT2D eigenvalue weighted by Crippen LogP contribution is 2.03. The van der Waals surface area contributed by atoms with Crippen LogP contribution in [0.3, 0.4) is 0 Å². The van der Waals surface area contributed by atoms with Crippen LogP contribution in [0, 0.1) is 12.3 Å². The van der Waals surface area contributed by atoms with E-state index >= 15 is 0 Å². The van der Waals surface area contributed by atoms with Gasteiger partial charge in [-0.1, -0.05) is 5.92 Å². The number of hydrogen-bond acceptors (Lipinski definition) is 3. The van der Waals surface area contributed by atoms with Crippen LogP contribution in [0.4, 0.5) is 0 Å². The van der Waals surface area contributed by atoms with Gasteiger partial charge < -0.3 is 10.2 Å². The number of carbonyl (C=O) groups excluding carboxylic acids is 1. The second-order valence-corrected chi connectivity index (χ2v) is 3.82. The van der Waals surface area contributed by atoms with E-state index in [4.69, 9.17) is 6.42 Å². The molecule has 0 saturated carbocycles. The molecule has 0 aliphatic carbocycles. The number of amides is 1. The molecular weight excluding hydrogens is 190 g/mol. The summed E-state index contributed by atoms with van der Waals surface area (Å²) in [5, 5.41) is 2.96. The van der Waals surface area contributed by atoms with Crippen molar-refractivity contribution in [2.75, 3.05) is 39.8 Å². The Bertz CT molecular complexity index is 251. The quantitative estimate of drug-likeness (QED) is 0.629. The number of nitrogens with one attached hydrogen (secondary N) is 1. The normalized spacial score (nSPS) is 19.7. The summed E-state index contributed by atoms with van der Waals surface area (Å²) in [5.74, 6) is 2.80. The highest BCUT2D eigenvalue weighted by atomic mass is 16.2. The number of rotatable bonds is 3. The molecule has 0 aromatic rings. The van der Waals surface area contributed by atoms with Crippen molar-refractivity contribution < 1.29 is 4.79 Å². The smallest absolute Gasteiger partial charge is 0.239 e. The SMILES string of the molecule is C#CCN1CCN(C(=O)C(C)NC)CC1. The fourth-order valence-electron chi connectivity index (χ4n) is 1.65. The number of terminal acetylenes is 1. The second-order valence-electron chi connectivity index (χ2n) is 3.82. The van der Waals surface area contributed by atoms with Gasteiger partial charge in [0.2, 0.25) is 5.91 Å². The van der Waals surface area contributed by atoms with Crippen molar-refractivity contribution in [2.24, 2.45) is 0 Å². The molecule has 1 amide bonds. The molecule has 1 fully saturated rings. The Kier molecular flexibility index (Phi) is 4.60. The van der Waals surface area contributed by atoms with Gasteiger partial charge in [0.05, 0.1) is 12.6 Å². The van der Waals surface area contributed by atoms with Crippen LogP contribution in [0.15, 0.2) is 0 Å². The molecule has 1 unspecified atom stereocenters. The average Bonchev–Trinajstić information content (AvgIpc) is 2.28. The van der Waals surface area contributed by atoms with Crippen molar-refractivity contribution in [3.8, 4) is 12.3 Å². The van der Waals surface area contributed by atoms with Gasteiger partial charge in [0.15, 0.2) is 0 Å². The fraction of sp³-hybridized carbons (Fsp3) is 0.727.